The maximum atomic E-state index is 5.75. The average Bonchev–Trinajstić information content (AvgIpc) is 2.90. The van der Waals surface area contributed by atoms with Crippen LogP contribution in [0.2, 0.25) is 0 Å². The zero-order chi connectivity index (χ0) is 14.2. The first-order chi connectivity index (χ1) is 9.79. The van der Waals surface area contributed by atoms with Crippen LogP contribution in [0.25, 0.3) is 5.69 Å². The molecule has 1 heterocycles. The summed E-state index contributed by atoms with van der Waals surface area (Å²) in [6, 6.07) is 8.10. The van der Waals surface area contributed by atoms with Gasteiger partial charge in [0.25, 0.3) is 0 Å². The van der Waals surface area contributed by atoms with E-state index in [2.05, 4.69) is 27.8 Å². The molecule has 0 unspecified atom stereocenters. The lowest BCUT2D eigenvalue weighted by Gasteiger charge is -2.07. The van der Waals surface area contributed by atoms with E-state index >= 15 is 0 Å². The van der Waals surface area contributed by atoms with Crippen LogP contribution in [-0.4, -0.2) is 16.2 Å². The van der Waals surface area contributed by atoms with Crippen molar-refractivity contribution in [2.75, 3.05) is 6.61 Å². The number of ether oxygens (including phenoxy) is 1. The first-order valence-corrected chi connectivity index (χ1v) is 8.01. The average molecular weight is 337 g/mol. The molecule has 20 heavy (non-hydrogen) atoms. The molecule has 0 N–H and O–H groups in total. The molecule has 1 aromatic heterocycles. The van der Waals surface area contributed by atoms with Crippen molar-refractivity contribution in [1.82, 2.24) is 9.55 Å². The van der Waals surface area contributed by atoms with Gasteiger partial charge in [0.2, 0.25) is 0 Å². The Morgan fingerprint density at radius 2 is 1.85 bits per heavy atom. The second-order valence-corrected chi connectivity index (χ2v) is 5.67. The highest BCUT2D eigenvalue weighted by molar-refractivity contribution is 9.10. The van der Waals surface area contributed by atoms with Crippen LogP contribution < -0.4 is 4.74 Å². The summed E-state index contributed by atoms with van der Waals surface area (Å²) in [7, 11) is 0. The second kappa shape index (κ2) is 8.10. The molecule has 0 saturated carbocycles. The highest BCUT2D eigenvalue weighted by Crippen LogP contribution is 2.17. The molecule has 2 aromatic rings. The summed E-state index contributed by atoms with van der Waals surface area (Å²) in [6.45, 7) is 3.04. The Labute approximate surface area is 129 Å². The Morgan fingerprint density at radius 3 is 2.50 bits per heavy atom. The highest BCUT2D eigenvalue weighted by atomic mass is 79.9. The minimum Gasteiger partial charge on any atom is -0.494 e. The number of rotatable bonds is 8. The largest absolute Gasteiger partial charge is 0.494 e. The van der Waals surface area contributed by atoms with Gasteiger partial charge >= 0.3 is 0 Å². The Hall–Kier alpha value is -1.29. The third-order valence-corrected chi connectivity index (χ3v) is 3.61. The number of hydrogen-bond donors (Lipinski definition) is 0. The smallest absolute Gasteiger partial charge is 0.124 e. The summed E-state index contributed by atoms with van der Waals surface area (Å²) in [6.07, 6.45) is 10.0. The maximum absolute atomic E-state index is 5.75. The van der Waals surface area contributed by atoms with Gasteiger partial charge in [0.15, 0.2) is 0 Å². The lowest BCUT2D eigenvalue weighted by Crippen LogP contribution is -1.97. The van der Waals surface area contributed by atoms with E-state index in [9.17, 15) is 0 Å². The van der Waals surface area contributed by atoms with E-state index in [0.29, 0.717) is 0 Å². The van der Waals surface area contributed by atoms with Crippen molar-refractivity contribution < 1.29 is 4.74 Å². The summed E-state index contributed by atoms with van der Waals surface area (Å²) in [4.78, 5) is 4.15. The molecule has 0 atom stereocenters. The molecule has 4 heteroatoms. The van der Waals surface area contributed by atoms with E-state index in [4.69, 9.17) is 4.74 Å². The van der Waals surface area contributed by atoms with E-state index in [1.165, 1.54) is 25.7 Å². The Balaban J connectivity index is 1.77. The normalized spacial score (nSPS) is 10.7. The fraction of sp³-hybridized carbons (Fsp3) is 0.438. The van der Waals surface area contributed by atoms with Crippen LogP contribution in [0.4, 0.5) is 0 Å². The summed E-state index contributed by atoms with van der Waals surface area (Å²) in [5, 5.41) is 0. The topological polar surface area (TPSA) is 27.1 Å². The molecule has 0 radical (unpaired) electrons. The monoisotopic (exact) mass is 336 g/mol. The van der Waals surface area contributed by atoms with Gasteiger partial charge in [-0.1, -0.05) is 32.6 Å². The third kappa shape index (κ3) is 4.67. The Morgan fingerprint density at radius 1 is 1.10 bits per heavy atom. The van der Waals surface area contributed by atoms with Gasteiger partial charge in [0.1, 0.15) is 16.7 Å². The molecule has 1 aromatic carbocycles. The van der Waals surface area contributed by atoms with Gasteiger partial charge in [-0.05, 0) is 46.6 Å². The molecular weight excluding hydrogens is 316 g/mol. The third-order valence-electron chi connectivity index (χ3n) is 3.20. The van der Waals surface area contributed by atoms with E-state index in [0.717, 1.165) is 29.1 Å². The molecule has 3 nitrogen and oxygen atoms in total. The van der Waals surface area contributed by atoms with Gasteiger partial charge in [0, 0.05) is 11.9 Å². The molecule has 0 fully saturated rings. The fourth-order valence-electron chi connectivity index (χ4n) is 2.05. The van der Waals surface area contributed by atoms with Crippen molar-refractivity contribution in [3.05, 3.63) is 41.4 Å². The summed E-state index contributed by atoms with van der Waals surface area (Å²) >= 11 is 3.35. The zero-order valence-corrected chi connectivity index (χ0v) is 13.5. The van der Waals surface area contributed by atoms with Gasteiger partial charge in [-0.3, -0.25) is 0 Å². The van der Waals surface area contributed by atoms with Crippen molar-refractivity contribution in [1.29, 1.82) is 0 Å². The molecule has 0 aliphatic carbocycles. The van der Waals surface area contributed by atoms with E-state index < -0.39 is 0 Å². The predicted molar refractivity (Wildman–Crippen MR) is 85.5 cm³/mol. The van der Waals surface area contributed by atoms with Gasteiger partial charge in [-0.15, -0.1) is 0 Å². The molecule has 0 aliphatic heterocycles. The first-order valence-electron chi connectivity index (χ1n) is 7.22. The van der Waals surface area contributed by atoms with Crippen LogP contribution in [0.1, 0.15) is 39.0 Å². The van der Waals surface area contributed by atoms with Crippen LogP contribution >= 0.6 is 15.9 Å². The van der Waals surface area contributed by atoms with Crippen molar-refractivity contribution >= 4 is 15.9 Å². The molecule has 108 valence electrons. The first kappa shape index (κ1) is 15.1. The van der Waals surface area contributed by atoms with Crippen LogP contribution in [0.15, 0.2) is 41.4 Å². The number of hydrogen-bond acceptors (Lipinski definition) is 2. The van der Waals surface area contributed by atoms with E-state index in [1.54, 1.807) is 6.33 Å². The zero-order valence-electron chi connectivity index (χ0n) is 11.9. The predicted octanol–water partition coefficient (Wildman–Crippen LogP) is 4.98. The van der Waals surface area contributed by atoms with Crippen molar-refractivity contribution in [2.45, 2.75) is 39.0 Å². The minimum absolute atomic E-state index is 0.805. The van der Waals surface area contributed by atoms with Crippen LogP contribution in [0.3, 0.4) is 0 Å². The maximum Gasteiger partial charge on any atom is 0.124 e. The lowest BCUT2D eigenvalue weighted by atomic mass is 10.2. The van der Waals surface area contributed by atoms with Gasteiger partial charge < -0.3 is 9.30 Å². The summed E-state index contributed by atoms with van der Waals surface area (Å²) in [5.41, 5.74) is 1.08. The Bertz CT molecular complexity index is 507. The van der Waals surface area contributed by atoms with Crippen molar-refractivity contribution in [3.8, 4) is 11.4 Å². The van der Waals surface area contributed by atoms with Gasteiger partial charge in [0.05, 0.1) is 6.61 Å². The van der Waals surface area contributed by atoms with Crippen LogP contribution in [-0.2, 0) is 0 Å². The van der Waals surface area contributed by atoms with Crippen molar-refractivity contribution in [2.24, 2.45) is 0 Å². The van der Waals surface area contributed by atoms with Crippen LogP contribution in [0, 0.1) is 0 Å². The number of benzene rings is 1. The fourth-order valence-corrected chi connectivity index (χ4v) is 2.36. The SMILES string of the molecule is CCCCCCCOc1ccc(-n2cnc(Br)c2)cc1. The quantitative estimate of drug-likeness (QED) is 0.635. The van der Waals surface area contributed by atoms with Crippen molar-refractivity contribution in [3.63, 3.8) is 0 Å². The standard InChI is InChI=1S/C16H21BrN2O/c1-2-3-4-5-6-11-20-15-9-7-14(8-10-15)19-12-16(17)18-13-19/h7-10,12-13H,2-6,11H2,1H3. The van der Waals surface area contributed by atoms with Gasteiger partial charge in [-0.2, -0.15) is 0 Å². The molecule has 0 aliphatic rings. The molecular formula is C16H21BrN2O. The lowest BCUT2D eigenvalue weighted by molar-refractivity contribution is 0.304. The van der Waals surface area contributed by atoms with E-state index in [1.807, 2.05) is 35.0 Å². The molecule has 0 saturated heterocycles. The van der Waals surface area contributed by atoms with E-state index in [-0.39, 0.29) is 0 Å². The minimum atomic E-state index is 0.805. The number of nitrogens with zero attached hydrogens (tertiary/aromatic N) is 2. The number of unbranched alkanes of at least 4 members (excludes halogenated alkanes) is 4. The summed E-state index contributed by atoms with van der Waals surface area (Å²) in [5.74, 6) is 0.934. The molecule has 0 amide bonds. The van der Waals surface area contributed by atoms with Gasteiger partial charge in [-0.25, -0.2) is 4.98 Å². The second-order valence-electron chi connectivity index (χ2n) is 4.86. The van der Waals surface area contributed by atoms with Crippen LogP contribution in [0.5, 0.6) is 5.75 Å². The Kier molecular flexibility index (Phi) is 6.12. The molecule has 0 bridgehead atoms. The number of imidazole rings is 1. The highest BCUT2D eigenvalue weighted by Gasteiger charge is 1.99. The molecule has 2 rings (SSSR count). The number of halogens is 1. The number of aromatic nitrogens is 2. The summed E-state index contributed by atoms with van der Waals surface area (Å²) < 4.78 is 8.56. The molecule has 0 spiro atoms.